The van der Waals surface area contributed by atoms with Gasteiger partial charge in [-0.1, -0.05) is 128 Å². The molecule has 0 aliphatic rings. The number of nitrogens with zero attached hydrogens (tertiary/aromatic N) is 2. The van der Waals surface area contributed by atoms with Gasteiger partial charge in [-0.25, -0.2) is 0 Å². The van der Waals surface area contributed by atoms with Gasteiger partial charge in [0.1, 0.15) is 5.69 Å². The molecule has 34 heavy (non-hydrogen) atoms. The van der Waals surface area contributed by atoms with Gasteiger partial charge in [-0.2, -0.15) is 9.97 Å². The monoisotopic (exact) mass is 468 g/mol. The van der Waals surface area contributed by atoms with Crippen molar-refractivity contribution in [3.8, 4) is 23.0 Å². The molecule has 1 unspecified atom stereocenters. The molecule has 0 aliphatic carbocycles. The second kappa shape index (κ2) is 18.3. The van der Waals surface area contributed by atoms with Gasteiger partial charge in [0.05, 0.1) is 19.4 Å². The lowest BCUT2D eigenvalue weighted by Gasteiger charge is -2.14. The Morgan fingerprint density at radius 3 is 2.03 bits per heavy atom. The van der Waals surface area contributed by atoms with Gasteiger partial charge in [0.25, 0.3) is 0 Å². The molecule has 0 radical (unpaired) electrons. The van der Waals surface area contributed by atoms with E-state index >= 15 is 0 Å². The number of benzene rings is 1. The van der Waals surface area contributed by atoms with E-state index in [1.807, 2.05) is 18.2 Å². The second-order valence-corrected chi connectivity index (χ2v) is 9.67. The van der Waals surface area contributed by atoms with Gasteiger partial charge >= 0.3 is 6.01 Å². The van der Waals surface area contributed by atoms with E-state index in [0.29, 0.717) is 25.1 Å². The molecule has 2 rings (SSSR count). The molecule has 190 valence electrons. The Bertz CT molecular complexity index is 751. The van der Waals surface area contributed by atoms with E-state index < -0.39 is 0 Å². The number of hydrogen-bond donors (Lipinski definition) is 0. The van der Waals surface area contributed by atoms with Crippen LogP contribution in [0.25, 0.3) is 11.3 Å². The topological polar surface area (TPSA) is 44.2 Å². The van der Waals surface area contributed by atoms with Gasteiger partial charge < -0.3 is 9.47 Å². The predicted octanol–water partition coefficient (Wildman–Crippen LogP) is 9.04. The zero-order chi connectivity index (χ0) is 24.3. The fraction of sp³-hybridized carbons (Fsp3) is 0.667. The normalized spacial score (nSPS) is 12.0. The Balaban J connectivity index is 1.82. The van der Waals surface area contributed by atoms with E-state index in [0.717, 1.165) is 23.4 Å². The van der Waals surface area contributed by atoms with Crippen LogP contribution in [0.3, 0.4) is 0 Å². The van der Waals surface area contributed by atoms with Crippen LogP contribution in [-0.2, 0) is 0 Å². The van der Waals surface area contributed by atoms with Crippen molar-refractivity contribution in [2.75, 3.05) is 13.2 Å². The van der Waals surface area contributed by atoms with E-state index in [9.17, 15) is 0 Å². The largest absolute Gasteiger partial charge is 0.490 e. The van der Waals surface area contributed by atoms with Crippen LogP contribution in [0, 0.1) is 5.92 Å². The van der Waals surface area contributed by atoms with Crippen molar-refractivity contribution in [2.24, 2.45) is 5.92 Å². The Labute approximate surface area is 208 Å². The molecule has 0 amide bonds. The van der Waals surface area contributed by atoms with Gasteiger partial charge in [-0.05, 0) is 18.8 Å². The molecule has 0 saturated carbocycles. The first-order valence-electron chi connectivity index (χ1n) is 13.9. The van der Waals surface area contributed by atoms with Gasteiger partial charge in [0, 0.05) is 5.56 Å². The molecule has 1 heterocycles. The van der Waals surface area contributed by atoms with Crippen molar-refractivity contribution in [3.05, 3.63) is 36.5 Å². The van der Waals surface area contributed by atoms with E-state index in [1.54, 1.807) is 6.20 Å². The van der Waals surface area contributed by atoms with Crippen molar-refractivity contribution in [3.63, 3.8) is 0 Å². The summed E-state index contributed by atoms with van der Waals surface area (Å²) in [6.45, 7) is 8.11. The summed E-state index contributed by atoms with van der Waals surface area (Å²) in [6.07, 6.45) is 19.9. The third-order valence-electron chi connectivity index (χ3n) is 6.33. The van der Waals surface area contributed by atoms with Crippen LogP contribution in [0.15, 0.2) is 36.5 Å². The number of aromatic nitrogens is 2. The second-order valence-electron chi connectivity index (χ2n) is 9.67. The quantitative estimate of drug-likeness (QED) is 0.182. The van der Waals surface area contributed by atoms with Gasteiger partial charge in [-0.3, -0.25) is 0 Å². The molecule has 2 aromatic rings. The zero-order valence-corrected chi connectivity index (χ0v) is 22.1. The molecule has 0 bridgehead atoms. The molecule has 4 heteroatoms. The minimum atomic E-state index is 0.440. The van der Waals surface area contributed by atoms with E-state index in [1.165, 1.54) is 83.5 Å². The fourth-order valence-electron chi connectivity index (χ4n) is 4.15. The van der Waals surface area contributed by atoms with Crippen molar-refractivity contribution < 1.29 is 9.47 Å². The highest BCUT2D eigenvalue weighted by atomic mass is 16.5. The van der Waals surface area contributed by atoms with Gasteiger partial charge in [0.2, 0.25) is 0 Å². The van der Waals surface area contributed by atoms with Crippen LogP contribution in [0.1, 0.15) is 111 Å². The maximum Gasteiger partial charge on any atom is 0.317 e. The molecular weight excluding hydrogens is 420 g/mol. The molecular formula is C30H48N2O2. The fourth-order valence-corrected chi connectivity index (χ4v) is 4.15. The average molecular weight is 469 g/mol. The SMILES string of the molecule is CCCCCCCCCCCOc1cnc(OCC(C)CCCCCC)nc1-c1ccccc1. The van der Waals surface area contributed by atoms with Gasteiger partial charge in [-0.15, -0.1) is 0 Å². The van der Waals surface area contributed by atoms with E-state index in [4.69, 9.17) is 14.5 Å². The Morgan fingerprint density at radius 1 is 0.735 bits per heavy atom. The number of unbranched alkanes of at least 4 members (excludes halogenated alkanes) is 11. The Kier molecular flexibility index (Phi) is 15.1. The summed E-state index contributed by atoms with van der Waals surface area (Å²) in [5.41, 5.74) is 1.85. The molecule has 1 aromatic carbocycles. The molecule has 4 nitrogen and oxygen atoms in total. The van der Waals surface area contributed by atoms with Crippen molar-refractivity contribution in [2.45, 2.75) is 111 Å². The molecule has 0 aliphatic heterocycles. The maximum absolute atomic E-state index is 6.13. The highest BCUT2D eigenvalue weighted by molar-refractivity contribution is 5.65. The standard InChI is InChI=1S/C30H48N2O2/c1-4-6-8-10-11-12-13-14-19-23-33-28-24-31-30(32-29(28)27-21-17-15-18-22-27)34-25-26(3)20-16-9-7-5-2/h15,17-18,21-22,24,26H,4-14,16,19-20,23,25H2,1-3H3. The molecule has 0 spiro atoms. The summed E-state index contributed by atoms with van der Waals surface area (Å²) >= 11 is 0. The predicted molar refractivity (Wildman–Crippen MR) is 144 cm³/mol. The zero-order valence-electron chi connectivity index (χ0n) is 22.1. The molecule has 1 aromatic heterocycles. The summed E-state index contributed by atoms with van der Waals surface area (Å²) in [6, 6.07) is 10.6. The lowest BCUT2D eigenvalue weighted by Crippen LogP contribution is -2.11. The Hall–Kier alpha value is -2.10. The lowest BCUT2D eigenvalue weighted by molar-refractivity contribution is 0.230. The van der Waals surface area contributed by atoms with Crippen molar-refractivity contribution in [1.29, 1.82) is 0 Å². The first-order chi connectivity index (χ1) is 16.7. The third-order valence-corrected chi connectivity index (χ3v) is 6.33. The maximum atomic E-state index is 6.13. The summed E-state index contributed by atoms with van der Waals surface area (Å²) in [7, 11) is 0. The van der Waals surface area contributed by atoms with Gasteiger partial charge in [0.15, 0.2) is 5.75 Å². The van der Waals surface area contributed by atoms with E-state index in [2.05, 4.69) is 37.9 Å². The van der Waals surface area contributed by atoms with E-state index in [-0.39, 0.29) is 0 Å². The summed E-state index contributed by atoms with van der Waals surface area (Å²) in [5, 5.41) is 0. The van der Waals surface area contributed by atoms with Crippen LogP contribution in [-0.4, -0.2) is 23.2 Å². The minimum Gasteiger partial charge on any atom is -0.490 e. The summed E-state index contributed by atoms with van der Waals surface area (Å²) < 4.78 is 12.1. The molecule has 0 saturated heterocycles. The van der Waals surface area contributed by atoms with Crippen molar-refractivity contribution >= 4 is 0 Å². The van der Waals surface area contributed by atoms with Crippen LogP contribution in [0.2, 0.25) is 0 Å². The highest BCUT2D eigenvalue weighted by Gasteiger charge is 2.13. The van der Waals surface area contributed by atoms with Crippen molar-refractivity contribution in [1.82, 2.24) is 9.97 Å². The smallest absolute Gasteiger partial charge is 0.317 e. The number of ether oxygens (including phenoxy) is 2. The summed E-state index contributed by atoms with van der Waals surface area (Å²) in [4.78, 5) is 9.18. The third kappa shape index (κ3) is 11.9. The Morgan fingerprint density at radius 2 is 1.35 bits per heavy atom. The van der Waals surface area contributed by atoms with Crippen LogP contribution in [0.4, 0.5) is 0 Å². The molecule has 1 atom stereocenters. The van der Waals surface area contributed by atoms with Crippen LogP contribution < -0.4 is 9.47 Å². The number of hydrogen-bond acceptors (Lipinski definition) is 4. The average Bonchev–Trinajstić information content (AvgIpc) is 2.87. The summed E-state index contributed by atoms with van der Waals surface area (Å²) in [5.74, 6) is 1.24. The minimum absolute atomic E-state index is 0.440. The first-order valence-corrected chi connectivity index (χ1v) is 13.9. The highest BCUT2D eigenvalue weighted by Crippen LogP contribution is 2.29. The number of rotatable bonds is 20. The molecule has 0 fully saturated rings. The van der Waals surface area contributed by atoms with Crippen LogP contribution >= 0.6 is 0 Å². The lowest BCUT2D eigenvalue weighted by atomic mass is 10.0. The van der Waals surface area contributed by atoms with Crippen LogP contribution in [0.5, 0.6) is 11.8 Å². The first kappa shape index (κ1) is 28.1. The molecule has 0 N–H and O–H groups in total.